The zero-order valence-corrected chi connectivity index (χ0v) is 12.2. The van der Waals surface area contributed by atoms with E-state index in [1.165, 1.54) is 38.9 Å². The molecule has 1 aliphatic heterocycles. The monoisotopic (exact) mass is 273 g/mol. The quantitative estimate of drug-likeness (QED) is 0.773. The highest BCUT2D eigenvalue weighted by Crippen LogP contribution is 2.18. The van der Waals surface area contributed by atoms with Crippen molar-refractivity contribution in [1.82, 2.24) is 10.2 Å². The summed E-state index contributed by atoms with van der Waals surface area (Å²) in [5.74, 6) is 0.644. The molecule has 0 aromatic heterocycles. The summed E-state index contributed by atoms with van der Waals surface area (Å²) in [6.45, 7) is 5.55. The summed E-state index contributed by atoms with van der Waals surface area (Å²) in [4.78, 5) is 2.53. The van der Waals surface area contributed by atoms with Gasteiger partial charge in [0, 0.05) is 6.54 Å². The van der Waals surface area contributed by atoms with E-state index in [1.807, 2.05) is 18.2 Å². The van der Waals surface area contributed by atoms with E-state index in [0.29, 0.717) is 11.3 Å². The van der Waals surface area contributed by atoms with Gasteiger partial charge >= 0.3 is 0 Å². The maximum Gasteiger partial charge on any atom is 0.136 e. The molecule has 4 nitrogen and oxygen atoms in total. The molecule has 4 heteroatoms. The average molecular weight is 273 g/mol. The molecule has 1 saturated heterocycles. The maximum atomic E-state index is 9.05. The molecule has 1 heterocycles. The molecule has 0 aliphatic carbocycles. The third-order valence-electron chi connectivity index (χ3n) is 3.74. The summed E-state index contributed by atoms with van der Waals surface area (Å²) >= 11 is 0. The van der Waals surface area contributed by atoms with Crippen LogP contribution in [0.25, 0.3) is 0 Å². The summed E-state index contributed by atoms with van der Waals surface area (Å²) in [5, 5.41) is 12.5. The lowest BCUT2D eigenvalue weighted by molar-refractivity contribution is 0.331. The van der Waals surface area contributed by atoms with E-state index in [9.17, 15) is 0 Å². The topological polar surface area (TPSA) is 48.3 Å². The van der Waals surface area contributed by atoms with Crippen molar-refractivity contribution in [3.63, 3.8) is 0 Å². The van der Waals surface area contributed by atoms with Crippen LogP contribution in [0.15, 0.2) is 18.2 Å². The maximum absolute atomic E-state index is 9.05. The van der Waals surface area contributed by atoms with Crippen molar-refractivity contribution in [3.8, 4) is 11.8 Å². The zero-order chi connectivity index (χ0) is 14.2. The smallest absolute Gasteiger partial charge is 0.136 e. The SMILES string of the molecule is COc1ccc(CNCCCN2CCCC2)cc1C#N. The van der Waals surface area contributed by atoms with Gasteiger partial charge in [0.2, 0.25) is 0 Å². The van der Waals surface area contributed by atoms with Gasteiger partial charge in [-0.15, -0.1) is 0 Å². The molecule has 0 unspecified atom stereocenters. The van der Waals surface area contributed by atoms with Crippen LogP contribution in [0.2, 0.25) is 0 Å². The highest BCUT2D eigenvalue weighted by molar-refractivity contribution is 5.45. The van der Waals surface area contributed by atoms with Crippen molar-refractivity contribution in [3.05, 3.63) is 29.3 Å². The Morgan fingerprint density at radius 1 is 1.35 bits per heavy atom. The Kier molecular flexibility index (Phi) is 5.85. The van der Waals surface area contributed by atoms with Crippen molar-refractivity contribution in [2.45, 2.75) is 25.8 Å². The van der Waals surface area contributed by atoms with Crippen LogP contribution in [0.3, 0.4) is 0 Å². The molecule has 0 amide bonds. The van der Waals surface area contributed by atoms with Crippen molar-refractivity contribution >= 4 is 0 Å². The Morgan fingerprint density at radius 3 is 2.85 bits per heavy atom. The third kappa shape index (κ3) is 4.22. The first-order chi connectivity index (χ1) is 9.83. The Morgan fingerprint density at radius 2 is 2.15 bits per heavy atom. The minimum Gasteiger partial charge on any atom is -0.495 e. The molecular weight excluding hydrogens is 250 g/mol. The fourth-order valence-electron chi connectivity index (χ4n) is 2.62. The predicted octanol–water partition coefficient (Wildman–Crippen LogP) is 2.14. The fraction of sp³-hybridized carbons (Fsp3) is 0.562. The number of likely N-dealkylation sites (tertiary alicyclic amines) is 1. The van der Waals surface area contributed by atoms with E-state index in [1.54, 1.807) is 7.11 Å². The number of hydrogen-bond acceptors (Lipinski definition) is 4. The third-order valence-corrected chi connectivity index (χ3v) is 3.74. The lowest BCUT2D eigenvalue weighted by atomic mass is 10.1. The van der Waals surface area contributed by atoms with Crippen LogP contribution in [-0.2, 0) is 6.54 Å². The molecule has 0 saturated carbocycles. The van der Waals surface area contributed by atoms with Crippen LogP contribution in [0.5, 0.6) is 5.75 Å². The molecule has 1 aromatic rings. The number of hydrogen-bond donors (Lipinski definition) is 1. The van der Waals surface area contributed by atoms with Crippen LogP contribution in [-0.4, -0.2) is 38.2 Å². The van der Waals surface area contributed by atoms with Gasteiger partial charge in [-0.2, -0.15) is 5.26 Å². The Hall–Kier alpha value is -1.57. The van der Waals surface area contributed by atoms with E-state index in [-0.39, 0.29) is 0 Å². The molecule has 2 rings (SSSR count). The zero-order valence-electron chi connectivity index (χ0n) is 12.2. The highest BCUT2D eigenvalue weighted by Gasteiger charge is 2.10. The number of nitriles is 1. The summed E-state index contributed by atoms with van der Waals surface area (Å²) < 4.78 is 5.14. The van der Waals surface area contributed by atoms with E-state index in [0.717, 1.165) is 18.7 Å². The number of rotatable bonds is 7. The lowest BCUT2D eigenvalue weighted by Gasteiger charge is -2.14. The molecule has 1 aromatic carbocycles. The predicted molar refractivity (Wildman–Crippen MR) is 79.7 cm³/mol. The first kappa shape index (κ1) is 14.8. The van der Waals surface area contributed by atoms with Gasteiger partial charge in [0.25, 0.3) is 0 Å². The lowest BCUT2D eigenvalue weighted by Crippen LogP contribution is -2.24. The molecule has 1 N–H and O–H groups in total. The fourth-order valence-corrected chi connectivity index (χ4v) is 2.62. The van der Waals surface area contributed by atoms with Gasteiger partial charge in [0.1, 0.15) is 11.8 Å². The Bertz CT molecular complexity index is 461. The Labute approximate surface area is 121 Å². The normalized spacial score (nSPS) is 15.2. The molecular formula is C16H23N3O. The molecule has 0 atom stereocenters. The molecule has 0 radical (unpaired) electrons. The first-order valence-corrected chi connectivity index (χ1v) is 7.33. The number of nitrogens with one attached hydrogen (secondary N) is 1. The average Bonchev–Trinajstić information content (AvgIpc) is 3.00. The number of benzene rings is 1. The summed E-state index contributed by atoms with van der Waals surface area (Å²) in [7, 11) is 1.59. The van der Waals surface area contributed by atoms with Crippen molar-refractivity contribution < 1.29 is 4.74 Å². The molecule has 108 valence electrons. The van der Waals surface area contributed by atoms with E-state index in [2.05, 4.69) is 16.3 Å². The van der Waals surface area contributed by atoms with E-state index < -0.39 is 0 Å². The minimum atomic E-state index is 0.601. The second kappa shape index (κ2) is 7.88. The van der Waals surface area contributed by atoms with Gasteiger partial charge in [-0.3, -0.25) is 0 Å². The summed E-state index contributed by atoms with van der Waals surface area (Å²) in [6.07, 6.45) is 3.90. The first-order valence-electron chi connectivity index (χ1n) is 7.33. The summed E-state index contributed by atoms with van der Waals surface area (Å²) in [6, 6.07) is 7.93. The molecule has 1 aliphatic rings. The van der Waals surface area contributed by atoms with Crippen LogP contribution in [0.4, 0.5) is 0 Å². The van der Waals surface area contributed by atoms with Crippen LogP contribution in [0.1, 0.15) is 30.4 Å². The molecule has 20 heavy (non-hydrogen) atoms. The second-order valence-corrected chi connectivity index (χ2v) is 5.23. The van der Waals surface area contributed by atoms with Gasteiger partial charge in [0.15, 0.2) is 0 Å². The van der Waals surface area contributed by atoms with Crippen LogP contribution in [0, 0.1) is 11.3 Å². The molecule has 0 bridgehead atoms. The van der Waals surface area contributed by atoms with Crippen LogP contribution >= 0.6 is 0 Å². The highest BCUT2D eigenvalue weighted by atomic mass is 16.5. The van der Waals surface area contributed by atoms with Gasteiger partial charge in [-0.05, 0) is 63.1 Å². The largest absolute Gasteiger partial charge is 0.495 e. The minimum absolute atomic E-state index is 0.601. The number of nitrogens with zero attached hydrogens (tertiary/aromatic N) is 2. The van der Waals surface area contributed by atoms with Gasteiger partial charge in [0.05, 0.1) is 12.7 Å². The van der Waals surface area contributed by atoms with Gasteiger partial charge < -0.3 is 15.0 Å². The summed E-state index contributed by atoms with van der Waals surface area (Å²) in [5.41, 5.74) is 1.73. The number of methoxy groups -OCH3 is 1. The second-order valence-electron chi connectivity index (χ2n) is 5.23. The van der Waals surface area contributed by atoms with Crippen LogP contribution < -0.4 is 10.1 Å². The molecule has 1 fully saturated rings. The number of ether oxygens (including phenoxy) is 1. The van der Waals surface area contributed by atoms with Crippen molar-refractivity contribution in [1.29, 1.82) is 5.26 Å². The van der Waals surface area contributed by atoms with E-state index >= 15 is 0 Å². The van der Waals surface area contributed by atoms with Gasteiger partial charge in [-0.25, -0.2) is 0 Å². The van der Waals surface area contributed by atoms with Crippen molar-refractivity contribution in [2.75, 3.05) is 33.3 Å². The standard InChI is InChI=1S/C16H23N3O/c1-20-16-6-5-14(11-15(16)12-17)13-18-7-4-10-19-8-2-3-9-19/h5-6,11,18H,2-4,7-10,13H2,1H3. The molecule has 0 spiro atoms. The Balaban J connectivity index is 1.69. The van der Waals surface area contributed by atoms with Crippen molar-refractivity contribution in [2.24, 2.45) is 0 Å². The van der Waals surface area contributed by atoms with Gasteiger partial charge in [-0.1, -0.05) is 6.07 Å². The van der Waals surface area contributed by atoms with E-state index in [4.69, 9.17) is 10.00 Å².